The second-order valence-electron chi connectivity index (χ2n) is 5.70. The Kier molecular flexibility index (Phi) is 5.33. The third-order valence-electron chi connectivity index (χ3n) is 3.51. The van der Waals surface area contributed by atoms with Crippen LogP contribution in [0, 0.1) is 0 Å². The van der Waals surface area contributed by atoms with E-state index in [1.54, 1.807) is 0 Å². The van der Waals surface area contributed by atoms with Crippen LogP contribution < -0.4 is 11.1 Å². The number of nitrogens with two attached hydrogens (primary N) is 1. The number of nitrogens with zero attached hydrogens (tertiary/aromatic N) is 1. The number of nitrogens with one attached hydrogen (secondary N) is 1. The van der Waals surface area contributed by atoms with Gasteiger partial charge in [-0.15, -0.1) is 0 Å². The summed E-state index contributed by atoms with van der Waals surface area (Å²) in [5.74, 6) is 0.570. The van der Waals surface area contributed by atoms with Gasteiger partial charge < -0.3 is 15.5 Å². The maximum absolute atomic E-state index is 12.2. The average Bonchev–Trinajstić information content (AvgIpc) is 2.98. The van der Waals surface area contributed by atoms with Crippen LogP contribution in [0.15, 0.2) is 34.9 Å². The number of oxazole rings is 1. The first-order valence-corrected chi connectivity index (χ1v) is 7.63. The number of anilines is 1. The molecule has 1 heterocycles. The van der Waals surface area contributed by atoms with E-state index >= 15 is 0 Å². The highest BCUT2D eigenvalue weighted by Crippen LogP contribution is 2.19. The Morgan fingerprint density at radius 3 is 2.59 bits per heavy atom. The van der Waals surface area contributed by atoms with Crippen LogP contribution in [-0.4, -0.2) is 10.9 Å². The van der Waals surface area contributed by atoms with Gasteiger partial charge >= 0.3 is 0 Å². The molecule has 22 heavy (non-hydrogen) atoms. The lowest BCUT2D eigenvalue weighted by atomic mass is 10.0. The van der Waals surface area contributed by atoms with E-state index in [1.807, 2.05) is 31.2 Å². The molecule has 1 atom stereocenters. The molecule has 118 valence electrons. The smallest absolute Gasteiger partial charge is 0.277 e. The van der Waals surface area contributed by atoms with Crippen LogP contribution in [0.2, 0.25) is 0 Å². The fourth-order valence-electron chi connectivity index (χ4n) is 2.14. The van der Waals surface area contributed by atoms with Crippen molar-refractivity contribution in [2.45, 2.75) is 45.6 Å². The molecule has 0 fully saturated rings. The monoisotopic (exact) mass is 301 g/mol. The van der Waals surface area contributed by atoms with E-state index in [4.69, 9.17) is 10.2 Å². The number of carbonyl (C=O) groups is 1. The van der Waals surface area contributed by atoms with Crippen molar-refractivity contribution < 1.29 is 9.21 Å². The van der Waals surface area contributed by atoms with E-state index in [0.29, 0.717) is 11.8 Å². The summed E-state index contributed by atoms with van der Waals surface area (Å²) < 4.78 is 5.29. The van der Waals surface area contributed by atoms with Gasteiger partial charge in [0.1, 0.15) is 6.26 Å². The maximum Gasteiger partial charge on any atom is 0.277 e. The summed E-state index contributed by atoms with van der Waals surface area (Å²) in [5.41, 5.74) is 8.14. The number of hydrogen-bond acceptors (Lipinski definition) is 4. The first kappa shape index (κ1) is 16.2. The van der Waals surface area contributed by atoms with Gasteiger partial charge in [-0.3, -0.25) is 4.79 Å². The molecule has 5 heteroatoms. The molecule has 0 aliphatic rings. The van der Waals surface area contributed by atoms with Gasteiger partial charge in [0.2, 0.25) is 5.89 Å². The van der Waals surface area contributed by atoms with Crippen molar-refractivity contribution in [3.05, 3.63) is 47.7 Å². The first-order chi connectivity index (χ1) is 10.5. The second-order valence-corrected chi connectivity index (χ2v) is 5.70. The van der Waals surface area contributed by atoms with Gasteiger partial charge in [-0.1, -0.05) is 39.3 Å². The summed E-state index contributed by atoms with van der Waals surface area (Å²) in [7, 11) is 0. The van der Waals surface area contributed by atoms with Gasteiger partial charge in [-0.05, 0) is 30.0 Å². The lowest BCUT2D eigenvalue weighted by Crippen LogP contribution is -2.14. The zero-order valence-corrected chi connectivity index (χ0v) is 13.3. The number of hydrogen-bond donors (Lipinski definition) is 2. The van der Waals surface area contributed by atoms with Gasteiger partial charge in [-0.25, -0.2) is 4.98 Å². The van der Waals surface area contributed by atoms with E-state index in [9.17, 15) is 4.79 Å². The Labute approximate surface area is 130 Å². The lowest BCUT2D eigenvalue weighted by Gasteiger charge is -2.07. The van der Waals surface area contributed by atoms with Crippen LogP contribution in [0.5, 0.6) is 0 Å². The predicted molar refractivity (Wildman–Crippen MR) is 86.8 cm³/mol. The van der Waals surface area contributed by atoms with Crippen molar-refractivity contribution in [2.75, 3.05) is 5.32 Å². The van der Waals surface area contributed by atoms with E-state index in [1.165, 1.54) is 11.8 Å². The number of rotatable bonds is 6. The molecule has 1 aromatic heterocycles. The Morgan fingerprint density at radius 2 is 2.00 bits per heavy atom. The Hall–Kier alpha value is -2.14. The van der Waals surface area contributed by atoms with Crippen molar-refractivity contribution in [2.24, 2.45) is 5.73 Å². The van der Waals surface area contributed by atoms with Crippen LogP contribution in [0.25, 0.3) is 0 Å². The number of carbonyl (C=O) groups excluding carboxylic acids is 1. The van der Waals surface area contributed by atoms with Crippen molar-refractivity contribution >= 4 is 11.6 Å². The molecular weight excluding hydrogens is 278 g/mol. The molecule has 1 aromatic carbocycles. The standard InChI is InChI=1S/C17H23N3O2/c1-4-5-14(18)17-20-15(10-22-17)16(21)19-13-8-6-12(7-9-13)11(2)3/h6-11,14H,4-5,18H2,1-3H3,(H,19,21). The molecule has 0 radical (unpaired) electrons. The topological polar surface area (TPSA) is 81.1 Å². The van der Waals surface area contributed by atoms with Crippen molar-refractivity contribution in [1.82, 2.24) is 4.98 Å². The van der Waals surface area contributed by atoms with E-state index in [-0.39, 0.29) is 17.6 Å². The molecule has 5 nitrogen and oxygen atoms in total. The lowest BCUT2D eigenvalue weighted by molar-refractivity contribution is 0.102. The van der Waals surface area contributed by atoms with Gasteiger partial charge in [0.15, 0.2) is 5.69 Å². The highest BCUT2D eigenvalue weighted by atomic mass is 16.3. The summed E-state index contributed by atoms with van der Waals surface area (Å²) >= 11 is 0. The fraction of sp³-hybridized carbons (Fsp3) is 0.412. The number of aromatic nitrogens is 1. The molecule has 0 saturated heterocycles. The minimum Gasteiger partial charge on any atom is -0.446 e. The Morgan fingerprint density at radius 1 is 1.32 bits per heavy atom. The molecular formula is C17H23N3O2. The van der Waals surface area contributed by atoms with Gasteiger partial charge in [0, 0.05) is 5.69 Å². The van der Waals surface area contributed by atoms with E-state index < -0.39 is 0 Å². The van der Waals surface area contributed by atoms with E-state index in [2.05, 4.69) is 24.1 Å². The number of amides is 1. The molecule has 1 amide bonds. The third kappa shape index (κ3) is 3.95. The molecule has 0 aliphatic heterocycles. The Bertz CT molecular complexity index is 617. The molecule has 0 saturated carbocycles. The zero-order valence-electron chi connectivity index (χ0n) is 13.3. The van der Waals surface area contributed by atoms with Crippen LogP contribution >= 0.6 is 0 Å². The van der Waals surface area contributed by atoms with Crippen LogP contribution in [0.1, 0.15) is 67.5 Å². The Balaban J connectivity index is 2.03. The van der Waals surface area contributed by atoms with Crippen molar-refractivity contribution in [3.8, 4) is 0 Å². The highest BCUT2D eigenvalue weighted by molar-refractivity contribution is 6.02. The largest absolute Gasteiger partial charge is 0.446 e. The number of benzene rings is 1. The average molecular weight is 301 g/mol. The molecule has 0 spiro atoms. The van der Waals surface area contributed by atoms with Gasteiger partial charge in [0.05, 0.1) is 6.04 Å². The minimum atomic E-state index is -0.295. The second kappa shape index (κ2) is 7.22. The highest BCUT2D eigenvalue weighted by Gasteiger charge is 2.16. The summed E-state index contributed by atoms with van der Waals surface area (Å²) in [6.45, 7) is 6.30. The van der Waals surface area contributed by atoms with Gasteiger partial charge in [0.25, 0.3) is 5.91 Å². The minimum absolute atomic E-state index is 0.245. The SMILES string of the molecule is CCCC(N)c1nc(C(=O)Nc2ccc(C(C)C)cc2)co1. The zero-order chi connectivity index (χ0) is 16.1. The van der Waals surface area contributed by atoms with Crippen molar-refractivity contribution in [1.29, 1.82) is 0 Å². The first-order valence-electron chi connectivity index (χ1n) is 7.63. The summed E-state index contributed by atoms with van der Waals surface area (Å²) in [6.07, 6.45) is 3.06. The third-order valence-corrected chi connectivity index (χ3v) is 3.51. The normalized spacial score (nSPS) is 12.4. The quantitative estimate of drug-likeness (QED) is 0.849. The van der Waals surface area contributed by atoms with Gasteiger partial charge in [-0.2, -0.15) is 0 Å². The summed E-state index contributed by atoms with van der Waals surface area (Å²) in [6, 6.07) is 7.52. The molecule has 1 unspecified atom stereocenters. The van der Waals surface area contributed by atoms with E-state index in [0.717, 1.165) is 18.5 Å². The molecule has 0 bridgehead atoms. The van der Waals surface area contributed by atoms with Crippen molar-refractivity contribution in [3.63, 3.8) is 0 Å². The molecule has 0 aliphatic carbocycles. The van der Waals surface area contributed by atoms with Crippen LogP contribution in [0.4, 0.5) is 5.69 Å². The summed E-state index contributed by atoms with van der Waals surface area (Å²) in [4.78, 5) is 16.3. The molecule has 2 aromatic rings. The maximum atomic E-state index is 12.2. The molecule has 2 rings (SSSR count). The predicted octanol–water partition coefficient (Wildman–Crippen LogP) is 3.85. The van der Waals surface area contributed by atoms with Crippen LogP contribution in [0.3, 0.4) is 0 Å². The molecule has 3 N–H and O–H groups in total. The van der Waals surface area contributed by atoms with Crippen LogP contribution in [-0.2, 0) is 0 Å². The fourth-order valence-corrected chi connectivity index (χ4v) is 2.14. The summed E-state index contributed by atoms with van der Waals surface area (Å²) in [5, 5.41) is 2.81.